The van der Waals surface area contributed by atoms with E-state index >= 15 is 0 Å². The van der Waals surface area contributed by atoms with Gasteiger partial charge in [-0.15, -0.1) is 13.2 Å². The summed E-state index contributed by atoms with van der Waals surface area (Å²) in [5, 5.41) is 3.76. The quantitative estimate of drug-likeness (QED) is 0.385. The van der Waals surface area contributed by atoms with Crippen molar-refractivity contribution in [2.24, 2.45) is 15.7 Å². The number of anilines is 1. The molecule has 0 aromatic heterocycles. The predicted molar refractivity (Wildman–Crippen MR) is 132 cm³/mol. The first kappa shape index (κ1) is 27.1. The number of benzene rings is 1. The summed E-state index contributed by atoms with van der Waals surface area (Å²) in [6.07, 6.45) is 6.17. The topological polar surface area (TPSA) is 83.1 Å². The second-order valence-electron chi connectivity index (χ2n) is 6.22. The van der Waals surface area contributed by atoms with Crippen LogP contribution in [0.3, 0.4) is 0 Å². The van der Waals surface area contributed by atoms with E-state index in [0.717, 1.165) is 43.1 Å². The molecule has 3 N–H and O–H groups in total. The highest BCUT2D eigenvalue weighted by Crippen LogP contribution is 2.28. The molecule has 6 nitrogen and oxygen atoms in total. The average molecular weight is 432 g/mol. The Labute approximate surface area is 185 Å². The molecular weight excluding hydrogens is 398 g/mol. The Morgan fingerprint density at radius 3 is 2.47 bits per heavy atom. The molecule has 1 aromatic rings. The highest BCUT2D eigenvalue weighted by Gasteiger charge is 2.21. The number of hydrogen-bond donors (Lipinski definition) is 2. The lowest BCUT2D eigenvalue weighted by Crippen LogP contribution is -2.36. The molecule has 7 heteroatoms. The number of hydrogen-bond acceptors (Lipinski definition) is 4. The number of nitrogens with zero attached hydrogens (tertiary/aromatic N) is 3. The number of nitrogens with one attached hydrogen (secondary N) is 1. The second-order valence-corrected chi connectivity index (χ2v) is 6.66. The van der Waals surface area contributed by atoms with Crippen LogP contribution in [0.1, 0.15) is 25.3 Å². The van der Waals surface area contributed by atoms with Gasteiger partial charge < -0.3 is 20.7 Å². The molecule has 0 atom stereocenters. The predicted octanol–water partition coefficient (Wildman–Crippen LogP) is 4.16. The van der Waals surface area contributed by atoms with Crippen molar-refractivity contribution in [3.63, 3.8) is 0 Å². The fourth-order valence-electron chi connectivity index (χ4n) is 3.06. The molecule has 1 aliphatic rings. The summed E-state index contributed by atoms with van der Waals surface area (Å²) in [5.74, 6) is 0.307. The number of aliphatic imine (C=N–C) groups is 2. The third-order valence-corrected chi connectivity index (χ3v) is 4.70. The van der Waals surface area contributed by atoms with Gasteiger partial charge in [-0.2, -0.15) is 0 Å². The fraction of sp³-hybridized carbons (Fsp3) is 0.348. The van der Waals surface area contributed by atoms with E-state index in [1.165, 1.54) is 11.3 Å². The zero-order valence-corrected chi connectivity index (χ0v) is 18.7. The number of aryl methyl sites for hydroxylation is 1. The van der Waals surface area contributed by atoms with Crippen molar-refractivity contribution >= 4 is 35.7 Å². The Hall–Kier alpha value is -2.86. The van der Waals surface area contributed by atoms with Crippen molar-refractivity contribution in [1.82, 2.24) is 5.32 Å². The van der Waals surface area contributed by atoms with Crippen LogP contribution in [0, 0.1) is 0 Å². The van der Waals surface area contributed by atoms with Crippen molar-refractivity contribution in [2.45, 2.75) is 32.2 Å². The molecule has 164 valence electrons. The molecule has 30 heavy (non-hydrogen) atoms. The van der Waals surface area contributed by atoms with Crippen molar-refractivity contribution < 1.29 is 4.79 Å². The minimum atomic E-state index is 0.192. The maximum Gasteiger partial charge on any atom is 0.215 e. The monoisotopic (exact) mass is 431 g/mol. The smallest absolute Gasteiger partial charge is 0.215 e. The van der Waals surface area contributed by atoms with Crippen LogP contribution in [-0.4, -0.2) is 44.1 Å². The maximum atomic E-state index is 8.00. The third kappa shape index (κ3) is 9.09. The normalized spacial score (nSPS) is 14.5. The van der Waals surface area contributed by atoms with Crippen molar-refractivity contribution in [3.05, 3.63) is 67.4 Å². The lowest BCUT2D eigenvalue weighted by Gasteiger charge is -2.33. The zero-order chi connectivity index (χ0) is 22.9. The first-order valence-electron chi connectivity index (χ1n) is 9.77. The van der Waals surface area contributed by atoms with Gasteiger partial charge >= 0.3 is 0 Å². The molecule has 0 aliphatic carbocycles. The van der Waals surface area contributed by atoms with E-state index in [-0.39, 0.29) is 6.04 Å². The highest BCUT2D eigenvalue weighted by atomic mass is 35.5. The van der Waals surface area contributed by atoms with Crippen LogP contribution in [0.5, 0.6) is 0 Å². The maximum absolute atomic E-state index is 8.00. The number of nitrogens with two attached hydrogens (primary N) is 1. The van der Waals surface area contributed by atoms with Gasteiger partial charge in [0.2, 0.25) is 5.96 Å². The first-order chi connectivity index (χ1) is 14.6. The van der Waals surface area contributed by atoms with E-state index in [4.69, 9.17) is 22.1 Å². The van der Waals surface area contributed by atoms with Crippen LogP contribution in [0.4, 0.5) is 5.69 Å². The second kappa shape index (κ2) is 16.0. The number of guanidine groups is 1. The molecule has 1 aliphatic heterocycles. The molecular formula is C23H34ClN5O. The number of halogens is 1. The number of rotatable bonds is 7. The summed E-state index contributed by atoms with van der Waals surface area (Å²) in [5.41, 5.74) is 9.30. The van der Waals surface area contributed by atoms with Crippen LogP contribution in [0.15, 0.2) is 66.8 Å². The highest BCUT2D eigenvalue weighted by molar-refractivity contribution is 6.30. The van der Waals surface area contributed by atoms with Crippen LogP contribution in [0.2, 0.25) is 5.02 Å². The van der Waals surface area contributed by atoms with Gasteiger partial charge in [0.1, 0.15) is 6.79 Å². The largest absolute Gasteiger partial charge is 0.386 e. The van der Waals surface area contributed by atoms with Gasteiger partial charge in [0.15, 0.2) is 0 Å². The third-order valence-electron chi connectivity index (χ3n) is 4.47. The molecule has 0 radical (unpaired) electrons. The Bertz CT molecular complexity index is 722. The van der Waals surface area contributed by atoms with Crippen LogP contribution < -0.4 is 16.0 Å². The fourth-order valence-corrected chi connectivity index (χ4v) is 3.23. The Morgan fingerprint density at radius 2 is 1.93 bits per heavy atom. The zero-order valence-electron chi connectivity index (χ0n) is 17.9. The summed E-state index contributed by atoms with van der Waals surface area (Å²) in [4.78, 5) is 19.3. The molecule has 0 unspecified atom stereocenters. The summed E-state index contributed by atoms with van der Waals surface area (Å²) in [6.45, 7) is 19.9. The first-order valence-corrected chi connectivity index (χ1v) is 10.1. The van der Waals surface area contributed by atoms with E-state index < -0.39 is 0 Å². The van der Waals surface area contributed by atoms with Gasteiger partial charge in [0.05, 0.1) is 18.3 Å². The van der Waals surface area contributed by atoms with Gasteiger partial charge in [-0.05, 0) is 49.2 Å². The molecule has 0 spiro atoms. The lowest BCUT2D eigenvalue weighted by atomic mass is 10.0. The molecule has 1 aromatic carbocycles. The van der Waals surface area contributed by atoms with Gasteiger partial charge in [-0.1, -0.05) is 37.7 Å². The molecule has 0 bridgehead atoms. The summed E-state index contributed by atoms with van der Waals surface area (Å²) in [7, 11) is 0. The van der Waals surface area contributed by atoms with Gasteiger partial charge in [0.25, 0.3) is 0 Å². The van der Waals surface area contributed by atoms with E-state index in [9.17, 15) is 0 Å². The van der Waals surface area contributed by atoms with Crippen LogP contribution in [0.25, 0.3) is 0 Å². The van der Waals surface area contributed by atoms with Crippen molar-refractivity contribution in [2.75, 3.05) is 24.5 Å². The SMILES string of the molecule is C=C.C=CNC/C(C=C)=N/C(N)=NC1CCN(c2cc(Cl)ccc2CC)CC1.C=O. The van der Waals surface area contributed by atoms with Gasteiger partial charge in [-0.25, -0.2) is 9.98 Å². The summed E-state index contributed by atoms with van der Waals surface area (Å²) in [6, 6.07) is 6.32. The number of carbonyl (C=O) groups is 1. The average Bonchev–Trinajstić information content (AvgIpc) is 2.79. The Kier molecular flexibility index (Phi) is 14.5. The lowest BCUT2D eigenvalue weighted by molar-refractivity contribution is -0.0979. The van der Waals surface area contributed by atoms with Crippen molar-refractivity contribution in [3.8, 4) is 0 Å². The Balaban J connectivity index is 0.00000198. The molecule has 0 saturated carbocycles. The molecule has 2 rings (SSSR count). The van der Waals surface area contributed by atoms with Crippen LogP contribution in [-0.2, 0) is 11.2 Å². The molecule has 1 fully saturated rings. The molecule has 1 saturated heterocycles. The van der Waals surface area contributed by atoms with Gasteiger partial charge in [-0.3, -0.25) is 0 Å². The summed E-state index contributed by atoms with van der Waals surface area (Å²) < 4.78 is 0. The standard InChI is InChI=1S/C20H28ClN5.C2H4.CH2O/c1-4-15-7-8-16(21)13-19(15)26-11-9-18(10-12-26)25-20(22)24-17(5-2)14-23-6-3;2*1-2/h5-8,13,18,23H,2-4,9-12,14H2,1H3,(H2,22,25);1-2H2;1H2/b24-17+;;. The molecule has 0 amide bonds. The van der Waals surface area contributed by atoms with E-state index in [1.54, 1.807) is 12.3 Å². The molecule has 1 heterocycles. The van der Waals surface area contributed by atoms with E-state index in [2.05, 4.69) is 65.6 Å². The van der Waals surface area contributed by atoms with Crippen LogP contribution >= 0.6 is 11.6 Å². The number of piperidine rings is 1. The number of carbonyl (C=O) groups excluding carboxylic acids is 1. The Morgan fingerprint density at radius 1 is 1.30 bits per heavy atom. The van der Waals surface area contributed by atoms with E-state index in [1.807, 2.05) is 12.9 Å². The minimum absolute atomic E-state index is 0.192. The van der Waals surface area contributed by atoms with Crippen molar-refractivity contribution in [1.29, 1.82) is 0 Å². The summed E-state index contributed by atoms with van der Waals surface area (Å²) >= 11 is 6.19. The minimum Gasteiger partial charge on any atom is -0.386 e. The van der Waals surface area contributed by atoms with E-state index in [0.29, 0.717) is 12.5 Å². The van der Waals surface area contributed by atoms with Gasteiger partial charge in [0, 0.05) is 23.8 Å².